The summed E-state index contributed by atoms with van der Waals surface area (Å²) < 4.78 is 0. The van der Waals surface area contributed by atoms with Gasteiger partial charge in [-0.25, -0.2) is 4.90 Å². The molecule has 0 spiro atoms. The monoisotopic (exact) mass is 303 g/mol. The van der Waals surface area contributed by atoms with E-state index in [4.69, 9.17) is 0 Å². The Morgan fingerprint density at radius 2 is 1.65 bits per heavy atom. The molecule has 114 valence electrons. The molecular weight excluding hydrogens is 286 g/mol. The molecule has 1 aliphatic heterocycles. The molecule has 2 bridgehead atoms. The number of benzene rings is 2. The van der Waals surface area contributed by atoms with E-state index in [0.717, 1.165) is 42.0 Å². The fraction of sp³-hybridized carbons (Fsp3) is 0.300. The Morgan fingerprint density at radius 1 is 0.913 bits per heavy atom. The molecule has 6 rings (SSSR count). The predicted molar refractivity (Wildman–Crippen MR) is 88.9 cm³/mol. The predicted octanol–water partition coefficient (Wildman–Crippen LogP) is 3.83. The Kier molecular flexibility index (Phi) is 2.58. The van der Waals surface area contributed by atoms with Gasteiger partial charge in [0.25, 0.3) is 5.91 Å². The van der Waals surface area contributed by atoms with Crippen LogP contribution in [0.4, 0.5) is 5.69 Å². The molecule has 2 amide bonds. The molecule has 23 heavy (non-hydrogen) atoms. The van der Waals surface area contributed by atoms with E-state index in [0.29, 0.717) is 11.6 Å². The smallest absolute Gasteiger partial charge is 0.261 e. The van der Waals surface area contributed by atoms with E-state index in [1.165, 1.54) is 10.5 Å². The van der Waals surface area contributed by atoms with Gasteiger partial charge in [-0.2, -0.15) is 0 Å². The fourth-order valence-corrected chi connectivity index (χ4v) is 4.58. The lowest BCUT2D eigenvalue weighted by molar-refractivity contribution is -0.123. The fourth-order valence-electron chi connectivity index (χ4n) is 4.58. The first-order chi connectivity index (χ1) is 11.2. The van der Waals surface area contributed by atoms with Crippen LogP contribution < -0.4 is 4.90 Å². The SMILES string of the molecule is O=C1C2=C3CCC(CC3)C2C(=O)N1c1ccc2ccccc2c1. The van der Waals surface area contributed by atoms with Crippen molar-refractivity contribution in [1.29, 1.82) is 0 Å². The molecule has 1 atom stereocenters. The number of nitrogens with zero attached hydrogens (tertiary/aromatic N) is 1. The maximum absolute atomic E-state index is 12.9. The lowest BCUT2D eigenvalue weighted by Crippen LogP contribution is -2.33. The molecule has 1 unspecified atom stereocenters. The van der Waals surface area contributed by atoms with Crippen molar-refractivity contribution in [3.63, 3.8) is 0 Å². The normalized spacial score (nSPS) is 26.3. The van der Waals surface area contributed by atoms with E-state index < -0.39 is 0 Å². The van der Waals surface area contributed by atoms with Crippen LogP contribution in [-0.4, -0.2) is 11.8 Å². The third kappa shape index (κ3) is 1.70. The number of imide groups is 1. The van der Waals surface area contributed by atoms with E-state index in [1.54, 1.807) is 0 Å². The molecule has 0 N–H and O–H groups in total. The van der Waals surface area contributed by atoms with Crippen LogP contribution in [0.2, 0.25) is 0 Å². The molecule has 0 radical (unpaired) electrons. The van der Waals surface area contributed by atoms with Crippen molar-refractivity contribution >= 4 is 28.3 Å². The summed E-state index contributed by atoms with van der Waals surface area (Å²) in [6.45, 7) is 0. The molecule has 2 aromatic carbocycles. The van der Waals surface area contributed by atoms with Gasteiger partial charge in [-0.05, 0) is 54.5 Å². The van der Waals surface area contributed by atoms with Crippen LogP contribution in [0.15, 0.2) is 53.6 Å². The van der Waals surface area contributed by atoms with E-state index >= 15 is 0 Å². The van der Waals surface area contributed by atoms with Gasteiger partial charge >= 0.3 is 0 Å². The van der Waals surface area contributed by atoms with Crippen LogP contribution in [0, 0.1) is 11.8 Å². The molecule has 3 heteroatoms. The van der Waals surface area contributed by atoms with Gasteiger partial charge in [-0.1, -0.05) is 35.9 Å². The van der Waals surface area contributed by atoms with Crippen LogP contribution in [-0.2, 0) is 9.59 Å². The second-order valence-electron chi connectivity index (χ2n) is 6.84. The van der Waals surface area contributed by atoms with Crippen LogP contribution in [0.1, 0.15) is 25.7 Å². The number of carbonyl (C=O) groups is 2. The number of fused-ring (bicyclic) bond motifs is 3. The topological polar surface area (TPSA) is 37.4 Å². The highest BCUT2D eigenvalue weighted by atomic mass is 16.2. The van der Waals surface area contributed by atoms with Gasteiger partial charge < -0.3 is 0 Å². The highest BCUT2D eigenvalue weighted by molar-refractivity contribution is 6.30. The average molecular weight is 303 g/mol. The molecule has 1 saturated carbocycles. The minimum Gasteiger partial charge on any atom is -0.273 e. The summed E-state index contributed by atoms with van der Waals surface area (Å²) in [6.07, 6.45) is 4.13. The lowest BCUT2D eigenvalue weighted by atomic mass is 9.67. The maximum Gasteiger partial charge on any atom is 0.261 e. The summed E-state index contributed by atoms with van der Waals surface area (Å²) in [7, 11) is 0. The summed E-state index contributed by atoms with van der Waals surface area (Å²) in [5.74, 6) is 0.104. The molecule has 3 nitrogen and oxygen atoms in total. The number of amides is 2. The third-order valence-corrected chi connectivity index (χ3v) is 5.71. The second-order valence-corrected chi connectivity index (χ2v) is 6.84. The lowest BCUT2D eigenvalue weighted by Gasteiger charge is -2.34. The molecule has 1 saturated heterocycles. The van der Waals surface area contributed by atoms with Crippen LogP contribution in [0.5, 0.6) is 0 Å². The highest BCUT2D eigenvalue weighted by Gasteiger charge is 2.52. The zero-order valence-corrected chi connectivity index (χ0v) is 12.8. The largest absolute Gasteiger partial charge is 0.273 e. The van der Waals surface area contributed by atoms with E-state index in [-0.39, 0.29) is 17.7 Å². The number of hydrogen-bond acceptors (Lipinski definition) is 2. The highest BCUT2D eigenvalue weighted by Crippen LogP contribution is 2.50. The van der Waals surface area contributed by atoms with Crippen molar-refractivity contribution < 1.29 is 9.59 Å². The van der Waals surface area contributed by atoms with Gasteiger partial charge in [-0.3, -0.25) is 9.59 Å². The summed E-state index contributed by atoms with van der Waals surface area (Å²) in [5, 5.41) is 2.18. The van der Waals surface area contributed by atoms with Crippen molar-refractivity contribution in [3.05, 3.63) is 53.6 Å². The molecule has 2 fully saturated rings. The standard InChI is InChI=1S/C20H17NO2/c22-19-17-13-5-6-14(8-7-13)18(17)20(23)21(19)16-10-9-12-3-1-2-4-15(12)11-16/h1-4,9-11,13,17H,5-8H2. The summed E-state index contributed by atoms with van der Waals surface area (Å²) in [6, 6.07) is 13.9. The van der Waals surface area contributed by atoms with Gasteiger partial charge in [0.05, 0.1) is 11.6 Å². The molecule has 0 aromatic heterocycles. The Bertz CT molecular complexity index is 885. The zero-order chi connectivity index (χ0) is 15.6. The van der Waals surface area contributed by atoms with E-state index in [9.17, 15) is 9.59 Å². The number of allylic oxidation sites excluding steroid dienone is 1. The van der Waals surface area contributed by atoms with Crippen molar-refractivity contribution in [1.82, 2.24) is 0 Å². The first kappa shape index (κ1) is 13.1. The van der Waals surface area contributed by atoms with Gasteiger partial charge in [0.1, 0.15) is 0 Å². The Hall–Kier alpha value is -2.42. The molecule has 3 aliphatic carbocycles. The first-order valence-corrected chi connectivity index (χ1v) is 8.33. The van der Waals surface area contributed by atoms with Gasteiger partial charge in [0.15, 0.2) is 0 Å². The Balaban J connectivity index is 1.64. The van der Waals surface area contributed by atoms with Crippen molar-refractivity contribution in [2.24, 2.45) is 11.8 Å². The van der Waals surface area contributed by atoms with Crippen molar-refractivity contribution in [2.75, 3.05) is 4.90 Å². The second kappa shape index (κ2) is 4.54. The summed E-state index contributed by atoms with van der Waals surface area (Å²) in [5.41, 5.74) is 2.77. The number of carbonyl (C=O) groups excluding carboxylic acids is 2. The average Bonchev–Trinajstić information content (AvgIpc) is 2.89. The third-order valence-electron chi connectivity index (χ3n) is 5.71. The van der Waals surface area contributed by atoms with Crippen LogP contribution in [0.25, 0.3) is 10.8 Å². The summed E-state index contributed by atoms with van der Waals surface area (Å²) >= 11 is 0. The zero-order valence-electron chi connectivity index (χ0n) is 12.8. The van der Waals surface area contributed by atoms with Gasteiger partial charge in [0.2, 0.25) is 5.91 Å². The van der Waals surface area contributed by atoms with Crippen molar-refractivity contribution in [2.45, 2.75) is 25.7 Å². The number of anilines is 1. The van der Waals surface area contributed by atoms with Crippen LogP contribution in [0.3, 0.4) is 0 Å². The molecular formula is C20H17NO2. The van der Waals surface area contributed by atoms with Crippen LogP contribution >= 0.6 is 0 Å². The molecule has 4 aliphatic rings. The minimum absolute atomic E-state index is 0.0119. The number of rotatable bonds is 1. The minimum atomic E-state index is -0.175. The molecule has 2 aromatic rings. The van der Waals surface area contributed by atoms with E-state index in [1.807, 2.05) is 42.5 Å². The number of hydrogen-bond donors (Lipinski definition) is 0. The van der Waals surface area contributed by atoms with Gasteiger partial charge in [0, 0.05) is 5.57 Å². The summed E-state index contributed by atoms with van der Waals surface area (Å²) in [4.78, 5) is 27.3. The quantitative estimate of drug-likeness (QED) is 0.751. The van der Waals surface area contributed by atoms with Gasteiger partial charge in [-0.15, -0.1) is 0 Å². The Morgan fingerprint density at radius 3 is 2.39 bits per heavy atom. The Labute approximate surface area is 134 Å². The van der Waals surface area contributed by atoms with Crippen molar-refractivity contribution in [3.8, 4) is 0 Å². The first-order valence-electron chi connectivity index (χ1n) is 8.33. The maximum atomic E-state index is 12.9. The molecule has 1 heterocycles. The van der Waals surface area contributed by atoms with E-state index in [2.05, 4.69) is 0 Å².